The van der Waals surface area contributed by atoms with Gasteiger partial charge in [0, 0.05) is 18.9 Å². The molecule has 5 nitrogen and oxygen atoms in total. The summed E-state index contributed by atoms with van der Waals surface area (Å²) >= 11 is 0. The molecule has 80 valence electrons. The summed E-state index contributed by atoms with van der Waals surface area (Å²) < 4.78 is 0. The first-order valence-corrected chi connectivity index (χ1v) is 4.73. The molecule has 1 heterocycles. The van der Waals surface area contributed by atoms with Crippen molar-refractivity contribution in [3.8, 4) is 0 Å². The molecule has 0 aromatic heterocycles. The first-order chi connectivity index (χ1) is 6.56. The number of rotatable bonds is 4. The highest BCUT2D eigenvalue weighted by molar-refractivity contribution is 6.03. The van der Waals surface area contributed by atoms with Crippen LogP contribution in [0.1, 0.15) is 13.3 Å². The zero-order valence-electron chi connectivity index (χ0n) is 8.49. The molecule has 0 aromatic carbocycles. The van der Waals surface area contributed by atoms with Gasteiger partial charge in [0.1, 0.15) is 0 Å². The van der Waals surface area contributed by atoms with Crippen molar-refractivity contribution in [3.63, 3.8) is 0 Å². The maximum atomic E-state index is 11.4. The van der Waals surface area contributed by atoms with Crippen LogP contribution in [0.15, 0.2) is 0 Å². The van der Waals surface area contributed by atoms with Crippen LogP contribution < -0.4 is 5.32 Å². The van der Waals surface area contributed by atoms with Crippen LogP contribution in [-0.2, 0) is 9.59 Å². The van der Waals surface area contributed by atoms with Crippen LogP contribution in [-0.4, -0.2) is 48.1 Å². The summed E-state index contributed by atoms with van der Waals surface area (Å²) in [6.45, 7) is 2.21. The van der Waals surface area contributed by atoms with Gasteiger partial charge in [-0.2, -0.15) is 0 Å². The van der Waals surface area contributed by atoms with Gasteiger partial charge in [-0.25, -0.2) is 0 Å². The Morgan fingerprint density at radius 1 is 1.64 bits per heavy atom. The Kier molecular flexibility index (Phi) is 3.60. The maximum Gasteiger partial charge on any atom is 0.232 e. The van der Waals surface area contributed by atoms with E-state index >= 15 is 0 Å². The number of aliphatic hydroxyl groups excluding tert-OH is 1. The molecule has 0 aromatic rings. The highest BCUT2D eigenvalue weighted by Gasteiger charge is 2.36. The quantitative estimate of drug-likeness (QED) is 0.569. The molecule has 0 aliphatic carbocycles. The molecule has 0 radical (unpaired) electrons. The van der Waals surface area contributed by atoms with Crippen LogP contribution in [0.25, 0.3) is 0 Å². The molecule has 2 amide bonds. The van der Waals surface area contributed by atoms with Gasteiger partial charge < -0.3 is 10.4 Å². The van der Waals surface area contributed by atoms with Gasteiger partial charge in [-0.05, 0) is 7.05 Å². The van der Waals surface area contributed by atoms with E-state index in [0.717, 1.165) is 4.90 Å². The second-order valence-corrected chi connectivity index (χ2v) is 3.66. The number of amides is 2. The Bertz CT molecular complexity index is 242. The first-order valence-electron chi connectivity index (χ1n) is 4.73. The predicted octanol–water partition coefficient (Wildman–Crippen LogP) is -1.04. The highest BCUT2D eigenvalue weighted by atomic mass is 16.3. The van der Waals surface area contributed by atoms with E-state index in [0.29, 0.717) is 6.54 Å². The summed E-state index contributed by atoms with van der Waals surface area (Å²) in [4.78, 5) is 23.9. The van der Waals surface area contributed by atoms with Crippen molar-refractivity contribution in [1.29, 1.82) is 0 Å². The normalized spacial score (nSPS) is 24.5. The van der Waals surface area contributed by atoms with E-state index in [4.69, 9.17) is 0 Å². The Labute approximate surface area is 83.1 Å². The Morgan fingerprint density at radius 2 is 2.29 bits per heavy atom. The number of hydrogen-bond acceptors (Lipinski definition) is 4. The summed E-state index contributed by atoms with van der Waals surface area (Å²) in [5.41, 5.74) is 0. The SMILES string of the molecule is CNCC(O)CN1C(=O)CC(C)C1=O. The Morgan fingerprint density at radius 3 is 2.71 bits per heavy atom. The van der Waals surface area contributed by atoms with E-state index in [1.165, 1.54) is 0 Å². The molecule has 0 spiro atoms. The molecule has 2 unspecified atom stereocenters. The summed E-state index contributed by atoms with van der Waals surface area (Å²) in [5, 5.41) is 12.2. The summed E-state index contributed by atoms with van der Waals surface area (Å²) in [6, 6.07) is 0. The molecular weight excluding hydrogens is 184 g/mol. The summed E-state index contributed by atoms with van der Waals surface area (Å²) in [7, 11) is 1.71. The minimum Gasteiger partial charge on any atom is -0.390 e. The third-order valence-corrected chi connectivity index (χ3v) is 2.30. The van der Waals surface area contributed by atoms with Crippen molar-refractivity contribution in [2.45, 2.75) is 19.4 Å². The van der Waals surface area contributed by atoms with Gasteiger partial charge in [-0.15, -0.1) is 0 Å². The molecule has 1 aliphatic rings. The number of likely N-dealkylation sites (N-methyl/N-ethyl adjacent to an activating group) is 1. The van der Waals surface area contributed by atoms with Crippen LogP contribution in [0.4, 0.5) is 0 Å². The largest absolute Gasteiger partial charge is 0.390 e. The molecule has 5 heteroatoms. The van der Waals surface area contributed by atoms with Gasteiger partial charge in [0.05, 0.1) is 12.6 Å². The Balaban J connectivity index is 2.51. The number of likely N-dealkylation sites (tertiary alicyclic amines) is 1. The number of carbonyl (C=O) groups excluding carboxylic acids is 2. The summed E-state index contributed by atoms with van der Waals surface area (Å²) in [6.07, 6.45) is -0.413. The van der Waals surface area contributed by atoms with Crippen molar-refractivity contribution < 1.29 is 14.7 Å². The lowest BCUT2D eigenvalue weighted by atomic mass is 10.1. The molecule has 1 saturated heterocycles. The average molecular weight is 200 g/mol. The van der Waals surface area contributed by atoms with Gasteiger partial charge in [-0.3, -0.25) is 14.5 Å². The number of hydrogen-bond donors (Lipinski definition) is 2. The van der Waals surface area contributed by atoms with E-state index < -0.39 is 6.10 Å². The van der Waals surface area contributed by atoms with Crippen molar-refractivity contribution in [1.82, 2.24) is 10.2 Å². The number of carbonyl (C=O) groups is 2. The van der Waals surface area contributed by atoms with Crippen LogP contribution in [0.5, 0.6) is 0 Å². The molecule has 1 aliphatic heterocycles. The van der Waals surface area contributed by atoms with Gasteiger partial charge >= 0.3 is 0 Å². The predicted molar refractivity (Wildman–Crippen MR) is 50.4 cm³/mol. The summed E-state index contributed by atoms with van der Waals surface area (Å²) in [5.74, 6) is -0.591. The van der Waals surface area contributed by atoms with E-state index in [2.05, 4.69) is 5.32 Å². The molecule has 2 N–H and O–H groups in total. The van der Waals surface area contributed by atoms with Gasteiger partial charge in [0.25, 0.3) is 0 Å². The van der Waals surface area contributed by atoms with E-state index in [9.17, 15) is 14.7 Å². The van der Waals surface area contributed by atoms with Crippen molar-refractivity contribution in [3.05, 3.63) is 0 Å². The number of aliphatic hydroxyl groups is 1. The fourth-order valence-electron chi connectivity index (χ4n) is 1.55. The maximum absolute atomic E-state index is 11.4. The van der Waals surface area contributed by atoms with Crippen LogP contribution >= 0.6 is 0 Å². The van der Waals surface area contributed by atoms with E-state index in [1.54, 1.807) is 14.0 Å². The van der Waals surface area contributed by atoms with Gasteiger partial charge in [-0.1, -0.05) is 6.92 Å². The van der Waals surface area contributed by atoms with Crippen LogP contribution in [0.3, 0.4) is 0 Å². The van der Waals surface area contributed by atoms with E-state index in [1.807, 2.05) is 0 Å². The standard InChI is InChI=1S/C9H16N2O3/c1-6-3-8(13)11(9(6)14)5-7(12)4-10-2/h6-7,10,12H,3-5H2,1-2H3. The molecule has 14 heavy (non-hydrogen) atoms. The lowest BCUT2D eigenvalue weighted by Gasteiger charge is -2.18. The zero-order valence-corrected chi connectivity index (χ0v) is 8.49. The monoisotopic (exact) mass is 200 g/mol. The Hall–Kier alpha value is -0.940. The van der Waals surface area contributed by atoms with Crippen molar-refractivity contribution in [2.24, 2.45) is 5.92 Å². The number of nitrogens with zero attached hydrogens (tertiary/aromatic N) is 1. The van der Waals surface area contributed by atoms with Crippen LogP contribution in [0.2, 0.25) is 0 Å². The third-order valence-electron chi connectivity index (χ3n) is 2.30. The molecule has 0 saturated carbocycles. The topological polar surface area (TPSA) is 69.6 Å². The molecular formula is C9H16N2O3. The van der Waals surface area contributed by atoms with Gasteiger partial charge in [0.2, 0.25) is 11.8 Å². The lowest BCUT2D eigenvalue weighted by Crippen LogP contribution is -2.40. The van der Waals surface area contributed by atoms with E-state index in [-0.39, 0.29) is 30.7 Å². The first kappa shape index (κ1) is 11.1. The molecule has 2 atom stereocenters. The third kappa shape index (κ3) is 2.30. The average Bonchev–Trinajstić information content (AvgIpc) is 2.33. The fourth-order valence-corrected chi connectivity index (χ4v) is 1.55. The van der Waals surface area contributed by atoms with Crippen LogP contribution in [0, 0.1) is 5.92 Å². The molecule has 0 bridgehead atoms. The highest BCUT2D eigenvalue weighted by Crippen LogP contribution is 2.18. The van der Waals surface area contributed by atoms with Crippen molar-refractivity contribution >= 4 is 11.8 Å². The fraction of sp³-hybridized carbons (Fsp3) is 0.778. The molecule has 1 fully saturated rings. The minimum atomic E-state index is -0.682. The number of imide groups is 1. The zero-order chi connectivity index (χ0) is 10.7. The lowest BCUT2D eigenvalue weighted by molar-refractivity contribution is -0.140. The molecule has 1 rings (SSSR count). The minimum absolute atomic E-state index is 0.100. The van der Waals surface area contributed by atoms with Crippen molar-refractivity contribution in [2.75, 3.05) is 20.1 Å². The second kappa shape index (κ2) is 4.52. The smallest absolute Gasteiger partial charge is 0.232 e. The number of nitrogens with one attached hydrogen (secondary N) is 1. The second-order valence-electron chi connectivity index (χ2n) is 3.66. The van der Waals surface area contributed by atoms with Gasteiger partial charge in [0.15, 0.2) is 0 Å². The number of β-amino-alcohol motifs (C(OH)–C–C–N with tert-alkyl or cyclic N) is 1.